The van der Waals surface area contributed by atoms with Crippen molar-refractivity contribution in [2.24, 2.45) is 0 Å². The van der Waals surface area contributed by atoms with Gasteiger partial charge in [-0.15, -0.1) is 0 Å². The van der Waals surface area contributed by atoms with E-state index in [2.05, 4.69) is 27.0 Å². The molecule has 0 fully saturated rings. The molecule has 0 aliphatic heterocycles. The highest BCUT2D eigenvalue weighted by Gasteiger charge is 2.03. The van der Waals surface area contributed by atoms with E-state index in [-0.39, 0.29) is 5.82 Å². The fourth-order valence-corrected chi connectivity index (χ4v) is 2.25. The van der Waals surface area contributed by atoms with Crippen molar-refractivity contribution >= 4 is 26.8 Å². The fourth-order valence-electron chi connectivity index (χ4n) is 1.88. The zero-order valence-electron chi connectivity index (χ0n) is 8.87. The third-order valence-electron chi connectivity index (χ3n) is 2.74. The van der Waals surface area contributed by atoms with Crippen molar-refractivity contribution in [3.63, 3.8) is 0 Å². The zero-order chi connectivity index (χ0) is 11.8. The second kappa shape index (κ2) is 4.00. The first kappa shape index (κ1) is 10.5. The number of aromatic nitrogens is 1. The molecule has 0 saturated heterocycles. The molecule has 0 bridgehead atoms. The Labute approximate surface area is 106 Å². The average Bonchev–Trinajstić information content (AvgIpc) is 2.72. The van der Waals surface area contributed by atoms with Crippen molar-refractivity contribution in [2.45, 2.75) is 0 Å². The molecule has 0 amide bonds. The van der Waals surface area contributed by atoms with E-state index in [1.54, 1.807) is 12.1 Å². The van der Waals surface area contributed by atoms with Gasteiger partial charge in [-0.05, 0) is 48.0 Å². The molecule has 3 rings (SSSR count). The van der Waals surface area contributed by atoms with E-state index in [0.717, 1.165) is 26.6 Å². The number of H-pyrrole nitrogens is 1. The molecule has 84 valence electrons. The Morgan fingerprint density at radius 2 is 1.71 bits per heavy atom. The minimum Gasteiger partial charge on any atom is -0.354 e. The third kappa shape index (κ3) is 1.98. The van der Waals surface area contributed by atoms with E-state index < -0.39 is 0 Å². The van der Waals surface area contributed by atoms with Gasteiger partial charge in [0.05, 0.1) is 0 Å². The SMILES string of the molecule is Fc1ccc(-c2cc3ccc(Br)cc3[nH]2)cc1. The van der Waals surface area contributed by atoms with Gasteiger partial charge in [-0.25, -0.2) is 4.39 Å². The van der Waals surface area contributed by atoms with Crippen molar-refractivity contribution < 1.29 is 4.39 Å². The van der Waals surface area contributed by atoms with E-state index >= 15 is 0 Å². The maximum absolute atomic E-state index is 12.8. The highest BCUT2D eigenvalue weighted by molar-refractivity contribution is 9.10. The molecule has 0 unspecified atom stereocenters. The van der Waals surface area contributed by atoms with Crippen LogP contribution in [-0.2, 0) is 0 Å². The van der Waals surface area contributed by atoms with Crippen molar-refractivity contribution in [2.75, 3.05) is 0 Å². The number of fused-ring (bicyclic) bond motifs is 1. The first-order chi connectivity index (χ1) is 8.22. The molecule has 0 saturated carbocycles. The lowest BCUT2D eigenvalue weighted by Crippen LogP contribution is -1.77. The lowest BCUT2D eigenvalue weighted by atomic mass is 10.1. The molecule has 2 aromatic carbocycles. The number of rotatable bonds is 1. The number of hydrogen-bond donors (Lipinski definition) is 1. The van der Waals surface area contributed by atoms with Crippen LogP contribution in [0.25, 0.3) is 22.2 Å². The molecule has 1 N–H and O–H groups in total. The van der Waals surface area contributed by atoms with Gasteiger partial charge in [0.1, 0.15) is 5.82 Å². The minimum absolute atomic E-state index is 0.215. The molecule has 1 heterocycles. The van der Waals surface area contributed by atoms with E-state index in [0.29, 0.717) is 0 Å². The maximum atomic E-state index is 12.8. The molecular formula is C14H9BrFN. The molecule has 0 spiro atoms. The van der Waals surface area contributed by atoms with E-state index in [4.69, 9.17) is 0 Å². The fraction of sp³-hybridized carbons (Fsp3) is 0. The second-order valence-corrected chi connectivity index (χ2v) is 4.84. The number of aromatic amines is 1. The van der Waals surface area contributed by atoms with Crippen molar-refractivity contribution in [3.8, 4) is 11.3 Å². The van der Waals surface area contributed by atoms with Crippen LogP contribution in [0.3, 0.4) is 0 Å². The smallest absolute Gasteiger partial charge is 0.123 e. The van der Waals surface area contributed by atoms with Gasteiger partial charge in [-0.2, -0.15) is 0 Å². The Morgan fingerprint density at radius 3 is 2.47 bits per heavy atom. The Morgan fingerprint density at radius 1 is 0.941 bits per heavy atom. The Balaban J connectivity index is 2.14. The predicted molar refractivity (Wildman–Crippen MR) is 71.4 cm³/mol. The highest BCUT2D eigenvalue weighted by Crippen LogP contribution is 2.26. The summed E-state index contributed by atoms with van der Waals surface area (Å²) in [5.41, 5.74) is 3.05. The van der Waals surface area contributed by atoms with E-state index in [1.165, 1.54) is 12.1 Å². The van der Waals surface area contributed by atoms with Crippen LogP contribution in [0.2, 0.25) is 0 Å². The van der Waals surface area contributed by atoms with E-state index in [9.17, 15) is 4.39 Å². The molecule has 0 radical (unpaired) electrons. The molecule has 3 aromatic rings. The van der Waals surface area contributed by atoms with Gasteiger partial charge >= 0.3 is 0 Å². The minimum atomic E-state index is -0.215. The van der Waals surface area contributed by atoms with Gasteiger partial charge in [-0.3, -0.25) is 0 Å². The normalized spacial score (nSPS) is 10.9. The van der Waals surface area contributed by atoms with Crippen LogP contribution in [0.5, 0.6) is 0 Å². The number of nitrogens with one attached hydrogen (secondary N) is 1. The topological polar surface area (TPSA) is 15.8 Å². The van der Waals surface area contributed by atoms with Crippen LogP contribution in [0.15, 0.2) is 53.0 Å². The van der Waals surface area contributed by atoms with Gasteiger partial charge < -0.3 is 4.98 Å². The summed E-state index contributed by atoms with van der Waals surface area (Å²) < 4.78 is 13.9. The quantitative estimate of drug-likeness (QED) is 0.666. The Kier molecular flexibility index (Phi) is 2.48. The van der Waals surface area contributed by atoms with Crippen molar-refractivity contribution in [1.29, 1.82) is 0 Å². The molecule has 1 aromatic heterocycles. The summed E-state index contributed by atoms with van der Waals surface area (Å²) in [6, 6.07) is 14.6. The van der Waals surface area contributed by atoms with Crippen LogP contribution in [0.4, 0.5) is 4.39 Å². The summed E-state index contributed by atoms with van der Waals surface area (Å²) in [5.74, 6) is -0.215. The van der Waals surface area contributed by atoms with Crippen LogP contribution in [0, 0.1) is 5.82 Å². The summed E-state index contributed by atoms with van der Waals surface area (Å²) in [4.78, 5) is 3.32. The zero-order valence-corrected chi connectivity index (χ0v) is 10.5. The van der Waals surface area contributed by atoms with Crippen LogP contribution < -0.4 is 0 Å². The van der Waals surface area contributed by atoms with Crippen molar-refractivity contribution in [1.82, 2.24) is 4.98 Å². The lowest BCUT2D eigenvalue weighted by molar-refractivity contribution is 0.628. The average molecular weight is 290 g/mol. The molecule has 17 heavy (non-hydrogen) atoms. The van der Waals surface area contributed by atoms with Gasteiger partial charge in [0.15, 0.2) is 0 Å². The Bertz CT molecular complexity index is 670. The van der Waals surface area contributed by atoms with Gasteiger partial charge in [0.2, 0.25) is 0 Å². The second-order valence-electron chi connectivity index (χ2n) is 3.92. The predicted octanol–water partition coefficient (Wildman–Crippen LogP) is 4.74. The Hall–Kier alpha value is -1.61. The lowest BCUT2D eigenvalue weighted by Gasteiger charge is -1.96. The monoisotopic (exact) mass is 289 g/mol. The first-order valence-corrected chi connectivity index (χ1v) is 6.06. The summed E-state index contributed by atoms with van der Waals surface area (Å²) in [6.07, 6.45) is 0. The van der Waals surface area contributed by atoms with Gasteiger partial charge in [0, 0.05) is 21.1 Å². The van der Waals surface area contributed by atoms with Gasteiger partial charge in [-0.1, -0.05) is 22.0 Å². The summed E-state index contributed by atoms with van der Waals surface area (Å²) >= 11 is 3.44. The summed E-state index contributed by atoms with van der Waals surface area (Å²) in [5, 5.41) is 1.15. The molecule has 1 nitrogen and oxygen atoms in total. The first-order valence-electron chi connectivity index (χ1n) is 5.26. The standard InChI is InChI=1S/C14H9BrFN/c15-11-4-1-10-7-13(17-14(10)8-11)9-2-5-12(16)6-3-9/h1-8,17H. The highest BCUT2D eigenvalue weighted by atomic mass is 79.9. The molecule has 0 aliphatic carbocycles. The molecule has 0 atom stereocenters. The third-order valence-corrected chi connectivity index (χ3v) is 3.23. The molecular weight excluding hydrogens is 281 g/mol. The van der Waals surface area contributed by atoms with E-state index in [1.807, 2.05) is 18.2 Å². The molecule has 0 aliphatic rings. The summed E-state index contributed by atoms with van der Waals surface area (Å²) in [7, 11) is 0. The number of hydrogen-bond acceptors (Lipinski definition) is 0. The summed E-state index contributed by atoms with van der Waals surface area (Å²) in [6.45, 7) is 0. The largest absolute Gasteiger partial charge is 0.354 e. The maximum Gasteiger partial charge on any atom is 0.123 e. The molecule has 3 heteroatoms. The number of benzene rings is 2. The van der Waals surface area contributed by atoms with Crippen LogP contribution >= 0.6 is 15.9 Å². The van der Waals surface area contributed by atoms with Crippen LogP contribution in [-0.4, -0.2) is 4.98 Å². The number of halogens is 2. The van der Waals surface area contributed by atoms with Gasteiger partial charge in [0.25, 0.3) is 0 Å². The van der Waals surface area contributed by atoms with Crippen molar-refractivity contribution in [3.05, 3.63) is 58.8 Å². The van der Waals surface area contributed by atoms with Crippen LogP contribution in [0.1, 0.15) is 0 Å².